The monoisotopic (exact) mass is 741 g/mol. The van der Waals surface area contributed by atoms with Crippen LogP contribution in [0.5, 0.6) is 0 Å². The van der Waals surface area contributed by atoms with Crippen molar-refractivity contribution in [3.63, 3.8) is 0 Å². The molecule has 0 bridgehead atoms. The molecular weight excluding hydrogens is 689 g/mol. The molecule has 0 spiro atoms. The maximum atomic E-state index is 15.2. The van der Waals surface area contributed by atoms with E-state index in [2.05, 4.69) is 24.2 Å². The van der Waals surface area contributed by atoms with Gasteiger partial charge in [-0.2, -0.15) is 0 Å². The van der Waals surface area contributed by atoms with E-state index in [9.17, 15) is 23.9 Å². The van der Waals surface area contributed by atoms with Crippen molar-refractivity contribution < 1.29 is 33.0 Å². The molecule has 1 amide bonds. The summed E-state index contributed by atoms with van der Waals surface area (Å²) in [5, 5.41) is 9.31. The van der Waals surface area contributed by atoms with Gasteiger partial charge in [-0.25, -0.2) is 8.78 Å². The zero-order chi connectivity index (χ0) is 37.0. The van der Waals surface area contributed by atoms with Crippen LogP contribution in [0, 0.1) is 17.6 Å². The molecule has 1 aromatic heterocycles. The van der Waals surface area contributed by atoms with Crippen LogP contribution in [-0.4, -0.2) is 71.2 Å². The number of carboxylic acid groups (broad SMARTS) is 1. The number of amides is 1. The summed E-state index contributed by atoms with van der Waals surface area (Å²) in [6.45, 7) is 7.95. The fraction of sp³-hybridized carbons (Fsp3) is 0.513. The van der Waals surface area contributed by atoms with Crippen LogP contribution in [0.3, 0.4) is 0 Å². The normalized spacial score (nSPS) is 14.9. The maximum absolute atomic E-state index is 15.2. The summed E-state index contributed by atoms with van der Waals surface area (Å²) >= 11 is 1.19. The predicted molar refractivity (Wildman–Crippen MR) is 202 cm³/mol. The molecule has 0 unspecified atom stereocenters. The number of carboxylic acids is 1. The molecular formula is C39H53F2N3O5SSi. The summed E-state index contributed by atoms with van der Waals surface area (Å²) < 4.78 is 37.2. The van der Waals surface area contributed by atoms with E-state index < -0.39 is 31.7 Å². The number of nitrogens with two attached hydrogens (primary N) is 1. The van der Waals surface area contributed by atoms with Gasteiger partial charge >= 0.3 is 11.9 Å². The third kappa shape index (κ3) is 12.6. The van der Waals surface area contributed by atoms with Crippen LogP contribution in [-0.2, 0) is 25.7 Å². The van der Waals surface area contributed by atoms with Crippen molar-refractivity contribution in [3.05, 3.63) is 83.7 Å². The Balaban J connectivity index is 1.69. The molecule has 12 heteroatoms. The second kappa shape index (κ2) is 19.4. The molecule has 278 valence electrons. The third-order valence-corrected chi connectivity index (χ3v) is 12.2. The SMILES string of the molecule is C[Si](C)(C)CCOC(=O)CCCCN(C(=O)CSC[C@H](N)C(=O)O)[C@@H](c1cc(-c2cc(F)ccc2F)cn1Cc1ccccc1)C1CCCCC1. The number of hydrogen-bond donors (Lipinski definition) is 2. The predicted octanol–water partition coefficient (Wildman–Crippen LogP) is 8.13. The summed E-state index contributed by atoms with van der Waals surface area (Å²) in [5.74, 6) is -2.38. The lowest BCUT2D eigenvalue weighted by Crippen LogP contribution is -2.42. The van der Waals surface area contributed by atoms with Crippen molar-refractivity contribution >= 4 is 37.7 Å². The van der Waals surface area contributed by atoms with Gasteiger partial charge in [-0.05, 0) is 67.5 Å². The summed E-state index contributed by atoms with van der Waals surface area (Å²) in [4.78, 5) is 40.1. The van der Waals surface area contributed by atoms with Crippen LogP contribution < -0.4 is 5.73 Å². The first-order valence-corrected chi connectivity index (χ1v) is 22.9. The topological polar surface area (TPSA) is 115 Å². The Kier molecular flexibility index (Phi) is 15.3. The molecule has 0 saturated heterocycles. The van der Waals surface area contributed by atoms with E-state index >= 15 is 4.39 Å². The van der Waals surface area contributed by atoms with Gasteiger partial charge in [0, 0.05) is 56.4 Å². The van der Waals surface area contributed by atoms with E-state index in [4.69, 9.17) is 10.5 Å². The van der Waals surface area contributed by atoms with Gasteiger partial charge in [-0.15, -0.1) is 11.8 Å². The number of benzene rings is 2. The fourth-order valence-electron chi connectivity index (χ4n) is 6.61. The van der Waals surface area contributed by atoms with E-state index in [0.717, 1.165) is 61.5 Å². The van der Waals surface area contributed by atoms with E-state index in [-0.39, 0.29) is 47.3 Å². The number of halogens is 2. The van der Waals surface area contributed by atoms with E-state index in [0.29, 0.717) is 38.1 Å². The quantitative estimate of drug-likeness (QED) is 0.0725. The maximum Gasteiger partial charge on any atom is 0.321 e. The molecule has 1 aliphatic rings. The standard InChI is InChI=1S/C39H53F2N3O5SSi/c1-51(2,3)21-20-49-37(46)16-10-11-19-44(36(45)27-50-26-34(42)39(47)48)38(29-14-8-5-9-15-29)35-22-30(32-23-31(40)17-18-33(32)41)25-43(35)24-28-12-6-4-7-13-28/h4,6-7,12-13,17-18,22-23,25,29,34,38H,5,8-11,14-16,19-21,24,26-27,42H2,1-3H3,(H,47,48)/t34-,38+/m0/s1. The van der Waals surface area contributed by atoms with E-state index in [1.54, 1.807) is 0 Å². The van der Waals surface area contributed by atoms with E-state index in [1.807, 2.05) is 47.5 Å². The second-order valence-corrected chi connectivity index (χ2v) is 21.4. The minimum Gasteiger partial charge on any atom is -0.480 e. The molecule has 2 atom stereocenters. The number of aliphatic carboxylic acids is 1. The Morgan fingerprint density at radius 2 is 1.76 bits per heavy atom. The molecule has 8 nitrogen and oxygen atoms in total. The zero-order valence-electron chi connectivity index (χ0n) is 30.1. The molecule has 1 heterocycles. The molecule has 4 rings (SSSR count). The number of carbonyl (C=O) groups excluding carboxylic acids is 2. The molecule has 1 fully saturated rings. The Morgan fingerprint density at radius 3 is 2.45 bits per heavy atom. The molecule has 1 saturated carbocycles. The molecule has 51 heavy (non-hydrogen) atoms. The summed E-state index contributed by atoms with van der Waals surface area (Å²) in [5.41, 5.74) is 8.28. The highest BCUT2D eigenvalue weighted by Crippen LogP contribution is 2.41. The van der Waals surface area contributed by atoms with Gasteiger partial charge in [-0.3, -0.25) is 14.4 Å². The van der Waals surface area contributed by atoms with Crippen molar-refractivity contribution in [2.24, 2.45) is 11.7 Å². The molecule has 2 aromatic carbocycles. The second-order valence-electron chi connectivity index (χ2n) is 14.8. The Labute approximate surface area is 306 Å². The molecule has 3 N–H and O–H groups in total. The highest BCUT2D eigenvalue weighted by atomic mass is 32.2. The van der Waals surface area contributed by atoms with Crippen molar-refractivity contribution in [1.29, 1.82) is 0 Å². The Morgan fingerprint density at radius 1 is 1.04 bits per heavy atom. The van der Waals surface area contributed by atoms with Crippen molar-refractivity contribution in [1.82, 2.24) is 9.47 Å². The average molecular weight is 742 g/mol. The first kappa shape index (κ1) is 40.3. The van der Waals surface area contributed by atoms with Crippen molar-refractivity contribution in [2.45, 2.75) is 95.7 Å². The highest BCUT2D eigenvalue weighted by Gasteiger charge is 2.35. The number of esters is 1. The van der Waals surface area contributed by atoms with Crippen LogP contribution in [0.4, 0.5) is 8.78 Å². The largest absolute Gasteiger partial charge is 0.480 e. The number of unbranched alkanes of at least 4 members (excludes halogenated alkanes) is 1. The van der Waals surface area contributed by atoms with Gasteiger partial charge in [0.15, 0.2) is 0 Å². The Hall–Kier alpha value is -3.48. The van der Waals surface area contributed by atoms with Crippen LogP contribution in [0.2, 0.25) is 25.7 Å². The minimum absolute atomic E-state index is 0.0354. The lowest BCUT2D eigenvalue weighted by molar-refractivity contribution is -0.143. The molecule has 3 aromatic rings. The lowest BCUT2D eigenvalue weighted by atomic mass is 9.81. The number of thioether (sulfide) groups is 1. The van der Waals surface area contributed by atoms with Crippen LogP contribution in [0.1, 0.15) is 68.7 Å². The number of ether oxygens (including phenoxy) is 1. The average Bonchev–Trinajstić information content (AvgIpc) is 3.49. The van der Waals surface area contributed by atoms with Crippen molar-refractivity contribution in [2.75, 3.05) is 24.7 Å². The number of carbonyl (C=O) groups is 3. The number of nitrogens with zero attached hydrogens (tertiary/aromatic N) is 2. The van der Waals surface area contributed by atoms with E-state index in [1.165, 1.54) is 17.8 Å². The van der Waals surface area contributed by atoms with Crippen LogP contribution in [0.25, 0.3) is 11.1 Å². The first-order valence-electron chi connectivity index (χ1n) is 18.0. The summed E-state index contributed by atoms with van der Waals surface area (Å²) in [6.07, 6.45) is 8.11. The number of aromatic nitrogens is 1. The van der Waals surface area contributed by atoms with Crippen LogP contribution >= 0.6 is 11.8 Å². The Bertz CT molecular complexity index is 1590. The van der Waals surface area contributed by atoms with Gasteiger partial charge in [0.25, 0.3) is 0 Å². The van der Waals surface area contributed by atoms with Gasteiger partial charge in [0.2, 0.25) is 5.91 Å². The minimum atomic E-state index is -1.34. The third-order valence-electron chi connectivity index (χ3n) is 9.41. The van der Waals surface area contributed by atoms with Crippen molar-refractivity contribution in [3.8, 4) is 11.1 Å². The lowest BCUT2D eigenvalue weighted by Gasteiger charge is -2.40. The molecule has 0 radical (unpaired) electrons. The first-order chi connectivity index (χ1) is 24.3. The smallest absolute Gasteiger partial charge is 0.321 e. The number of hydrogen-bond acceptors (Lipinski definition) is 6. The van der Waals surface area contributed by atoms with Crippen LogP contribution in [0.15, 0.2) is 60.8 Å². The summed E-state index contributed by atoms with van der Waals surface area (Å²) in [7, 11) is -1.34. The fourth-order valence-corrected chi connectivity index (χ4v) is 8.18. The molecule has 1 aliphatic carbocycles. The van der Waals surface area contributed by atoms with Gasteiger partial charge in [0.1, 0.15) is 17.7 Å². The summed E-state index contributed by atoms with van der Waals surface area (Å²) in [6, 6.07) is 14.6. The van der Waals surface area contributed by atoms with Gasteiger partial charge in [-0.1, -0.05) is 69.2 Å². The van der Waals surface area contributed by atoms with Gasteiger partial charge < -0.3 is 25.0 Å². The number of rotatable bonds is 19. The zero-order valence-corrected chi connectivity index (χ0v) is 31.9. The highest BCUT2D eigenvalue weighted by molar-refractivity contribution is 8.00. The molecule has 0 aliphatic heterocycles. The van der Waals surface area contributed by atoms with Gasteiger partial charge in [0.05, 0.1) is 18.4 Å².